The van der Waals surface area contributed by atoms with Crippen LogP contribution in [0.1, 0.15) is 21.7 Å². The van der Waals surface area contributed by atoms with Crippen molar-refractivity contribution >= 4 is 34.8 Å². The minimum absolute atomic E-state index is 0.0913. The van der Waals surface area contributed by atoms with Gasteiger partial charge in [0.15, 0.2) is 0 Å². The molecule has 1 aromatic heterocycles. The molecule has 7 heteroatoms. The van der Waals surface area contributed by atoms with Crippen molar-refractivity contribution in [2.75, 3.05) is 10.6 Å². The Morgan fingerprint density at radius 1 is 1.08 bits per heavy atom. The van der Waals surface area contributed by atoms with Crippen LogP contribution in [0.5, 0.6) is 0 Å². The highest BCUT2D eigenvalue weighted by molar-refractivity contribution is 6.31. The Balaban J connectivity index is 1.84. The topological polar surface area (TPSA) is 66.9 Å². The Morgan fingerprint density at radius 3 is 2.58 bits per heavy atom. The number of anilines is 3. The average molecular weight is 371 g/mol. The van der Waals surface area contributed by atoms with Gasteiger partial charge < -0.3 is 10.6 Å². The first-order chi connectivity index (χ1) is 12.4. The molecule has 0 saturated carbocycles. The highest BCUT2D eigenvalue weighted by Crippen LogP contribution is 2.22. The molecule has 0 aliphatic heterocycles. The van der Waals surface area contributed by atoms with E-state index in [1.807, 2.05) is 19.1 Å². The molecule has 0 unspecified atom stereocenters. The van der Waals surface area contributed by atoms with E-state index < -0.39 is 11.7 Å². The standard InChI is InChI=1S/C19H16ClFN4O/c1-11-7-8-13(10-14(11)20)23-19-22-12(2)9-17(25-19)18(26)24-16-6-4-3-5-15(16)21/h3-10H,1-2H3,(H,24,26)(H,22,23,25). The van der Waals surface area contributed by atoms with Gasteiger partial charge in [-0.1, -0.05) is 29.8 Å². The van der Waals surface area contributed by atoms with Crippen LogP contribution in [-0.4, -0.2) is 15.9 Å². The number of halogens is 2. The molecule has 26 heavy (non-hydrogen) atoms. The van der Waals surface area contributed by atoms with Crippen molar-refractivity contribution in [2.24, 2.45) is 0 Å². The molecule has 0 radical (unpaired) electrons. The van der Waals surface area contributed by atoms with Crippen LogP contribution in [0.15, 0.2) is 48.5 Å². The summed E-state index contributed by atoms with van der Waals surface area (Å²) in [7, 11) is 0. The molecule has 0 saturated heterocycles. The maximum Gasteiger partial charge on any atom is 0.274 e. The second-order valence-corrected chi connectivity index (χ2v) is 6.15. The number of carbonyl (C=O) groups excluding carboxylic acids is 1. The molecule has 1 heterocycles. The van der Waals surface area contributed by atoms with Crippen LogP contribution in [0.3, 0.4) is 0 Å². The number of nitrogens with one attached hydrogen (secondary N) is 2. The maximum absolute atomic E-state index is 13.7. The highest BCUT2D eigenvalue weighted by Gasteiger charge is 2.13. The van der Waals surface area contributed by atoms with E-state index in [1.165, 1.54) is 18.2 Å². The predicted octanol–water partition coefficient (Wildman–Crippen LogP) is 4.88. The van der Waals surface area contributed by atoms with Crippen molar-refractivity contribution in [3.8, 4) is 0 Å². The van der Waals surface area contributed by atoms with Gasteiger partial charge in [-0.05, 0) is 49.7 Å². The van der Waals surface area contributed by atoms with Crippen molar-refractivity contribution in [3.05, 3.63) is 76.3 Å². The Labute approximate surface area is 155 Å². The third kappa shape index (κ3) is 4.15. The Kier molecular flexibility index (Phi) is 5.14. The monoisotopic (exact) mass is 370 g/mol. The molecular weight excluding hydrogens is 355 g/mol. The van der Waals surface area contributed by atoms with E-state index in [4.69, 9.17) is 11.6 Å². The number of hydrogen-bond acceptors (Lipinski definition) is 4. The van der Waals surface area contributed by atoms with Crippen LogP contribution in [-0.2, 0) is 0 Å². The van der Waals surface area contributed by atoms with E-state index in [0.717, 1.165) is 5.56 Å². The zero-order chi connectivity index (χ0) is 18.7. The van der Waals surface area contributed by atoms with E-state index in [-0.39, 0.29) is 17.3 Å². The third-order valence-corrected chi connectivity index (χ3v) is 4.04. The van der Waals surface area contributed by atoms with Crippen molar-refractivity contribution in [2.45, 2.75) is 13.8 Å². The number of amides is 1. The van der Waals surface area contributed by atoms with Gasteiger partial charge in [0.05, 0.1) is 5.69 Å². The van der Waals surface area contributed by atoms with Crippen molar-refractivity contribution in [1.82, 2.24) is 9.97 Å². The van der Waals surface area contributed by atoms with Crippen LogP contribution in [0.2, 0.25) is 5.02 Å². The SMILES string of the molecule is Cc1cc(C(=O)Nc2ccccc2F)nc(Nc2ccc(C)c(Cl)c2)n1. The fourth-order valence-corrected chi connectivity index (χ4v) is 2.47. The number of hydrogen-bond donors (Lipinski definition) is 2. The second-order valence-electron chi connectivity index (χ2n) is 5.74. The summed E-state index contributed by atoms with van der Waals surface area (Å²) < 4.78 is 13.7. The lowest BCUT2D eigenvalue weighted by Gasteiger charge is -2.10. The van der Waals surface area contributed by atoms with Gasteiger partial charge in [-0.25, -0.2) is 14.4 Å². The van der Waals surface area contributed by atoms with Gasteiger partial charge in [-0.2, -0.15) is 0 Å². The molecular formula is C19H16ClFN4O. The summed E-state index contributed by atoms with van der Waals surface area (Å²) in [5.41, 5.74) is 2.47. The molecule has 3 aromatic rings. The maximum atomic E-state index is 13.7. The zero-order valence-corrected chi connectivity index (χ0v) is 14.9. The van der Waals surface area contributed by atoms with Crippen LogP contribution in [0.4, 0.5) is 21.7 Å². The summed E-state index contributed by atoms with van der Waals surface area (Å²) in [6, 6.07) is 12.9. The quantitative estimate of drug-likeness (QED) is 0.686. The Bertz CT molecular complexity index is 978. The molecule has 0 fully saturated rings. The van der Waals surface area contributed by atoms with Crippen LogP contribution in [0, 0.1) is 19.7 Å². The Hall–Kier alpha value is -2.99. The highest BCUT2D eigenvalue weighted by atomic mass is 35.5. The minimum atomic E-state index is -0.523. The third-order valence-electron chi connectivity index (χ3n) is 3.64. The van der Waals surface area contributed by atoms with Crippen LogP contribution < -0.4 is 10.6 Å². The van der Waals surface area contributed by atoms with Crippen LogP contribution in [0.25, 0.3) is 0 Å². The van der Waals surface area contributed by atoms with Gasteiger partial charge in [0.1, 0.15) is 11.5 Å². The molecule has 3 rings (SSSR count). The van der Waals surface area contributed by atoms with E-state index in [9.17, 15) is 9.18 Å². The fraction of sp³-hybridized carbons (Fsp3) is 0.105. The molecule has 2 N–H and O–H groups in total. The number of benzene rings is 2. The molecule has 2 aromatic carbocycles. The largest absolute Gasteiger partial charge is 0.324 e. The number of carbonyl (C=O) groups is 1. The number of aryl methyl sites for hydroxylation is 2. The first kappa shape index (κ1) is 17.8. The van der Waals surface area contributed by atoms with E-state index in [0.29, 0.717) is 16.4 Å². The van der Waals surface area contributed by atoms with Crippen LogP contribution >= 0.6 is 11.6 Å². The normalized spacial score (nSPS) is 10.5. The van der Waals surface area contributed by atoms with E-state index >= 15 is 0 Å². The molecule has 0 atom stereocenters. The Morgan fingerprint density at radius 2 is 1.85 bits per heavy atom. The van der Waals surface area contributed by atoms with Crippen molar-refractivity contribution in [1.29, 1.82) is 0 Å². The molecule has 0 spiro atoms. The molecule has 5 nitrogen and oxygen atoms in total. The number of aromatic nitrogens is 2. The van der Waals surface area contributed by atoms with E-state index in [1.54, 1.807) is 25.1 Å². The van der Waals surface area contributed by atoms with Gasteiger partial charge in [0.25, 0.3) is 5.91 Å². The lowest BCUT2D eigenvalue weighted by molar-refractivity contribution is 0.102. The second kappa shape index (κ2) is 7.49. The molecule has 1 amide bonds. The first-order valence-electron chi connectivity index (χ1n) is 7.87. The minimum Gasteiger partial charge on any atom is -0.324 e. The van der Waals surface area contributed by atoms with E-state index in [2.05, 4.69) is 20.6 Å². The molecule has 0 aliphatic rings. The first-order valence-corrected chi connectivity index (χ1v) is 8.25. The lowest BCUT2D eigenvalue weighted by atomic mass is 10.2. The van der Waals surface area contributed by atoms with Gasteiger partial charge in [0.2, 0.25) is 5.95 Å². The summed E-state index contributed by atoms with van der Waals surface area (Å²) in [5, 5.41) is 6.14. The summed E-state index contributed by atoms with van der Waals surface area (Å²) in [6.07, 6.45) is 0. The van der Waals surface area contributed by atoms with Gasteiger partial charge in [0, 0.05) is 16.4 Å². The fourth-order valence-electron chi connectivity index (χ4n) is 2.29. The summed E-state index contributed by atoms with van der Waals surface area (Å²) >= 11 is 6.12. The number of para-hydroxylation sites is 1. The molecule has 0 aliphatic carbocycles. The zero-order valence-electron chi connectivity index (χ0n) is 14.2. The number of nitrogens with zero attached hydrogens (tertiary/aromatic N) is 2. The average Bonchev–Trinajstić information content (AvgIpc) is 2.59. The van der Waals surface area contributed by atoms with Gasteiger partial charge in [-0.3, -0.25) is 4.79 Å². The lowest BCUT2D eigenvalue weighted by Crippen LogP contribution is -2.16. The van der Waals surface area contributed by atoms with Gasteiger partial charge >= 0.3 is 0 Å². The van der Waals surface area contributed by atoms with Gasteiger partial charge in [-0.15, -0.1) is 0 Å². The smallest absolute Gasteiger partial charge is 0.274 e. The number of rotatable bonds is 4. The summed E-state index contributed by atoms with van der Waals surface area (Å²) in [6.45, 7) is 3.65. The molecule has 132 valence electrons. The van der Waals surface area contributed by atoms with Crippen molar-refractivity contribution < 1.29 is 9.18 Å². The molecule has 0 bridgehead atoms. The predicted molar refractivity (Wildman–Crippen MR) is 101 cm³/mol. The summed E-state index contributed by atoms with van der Waals surface area (Å²) in [4.78, 5) is 20.9. The van der Waals surface area contributed by atoms with Crippen molar-refractivity contribution in [3.63, 3.8) is 0 Å². The summed E-state index contributed by atoms with van der Waals surface area (Å²) in [5.74, 6) is -0.784.